The van der Waals surface area contributed by atoms with Crippen LogP contribution >= 0.6 is 11.3 Å². The van der Waals surface area contributed by atoms with Crippen molar-refractivity contribution in [2.24, 2.45) is 0 Å². The van der Waals surface area contributed by atoms with Crippen molar-refractivity contribution < 1.29 is 14.0 Å². The van der Waals surface area contributed by atoms with Gasteiger partial charge in [-0.3, -0.25) is 14.5 Å². The number of furan rings is 1. The number of piperazine rings is 1. The predicted octanol–water partition coefficient (Wildman–Crippen LogP) is 3.27. The molecule has 0 unspecified atom stereocenters. The van der Waals surface area contributed by atoms with Crippen LogP contribution in [0.15, 0.2) is 64.6 Å². The lowest BCUT2D eigenvalue weighted by Crippen LogP contribution is -2.48. The number of carbonyl (C=O) groups excluding carboxylic acids is 2. The van der Waals surface area contributed by atoms with Gasteiger partial charge in [0.05, 0.1) is 12.0 Å². The smallest absolute Gasteiger partial charge is 0.244 e. The number of aromatic nitrogens is 1. The van der Waals surface area contributed by atoms with Crippen LogP contribution in [0.1, 0.15) is 17.9 Å². The van der Waals surface area contributed by atoms with Crippen molar-refractivity contribution in [2.45, 2.75) is 13.0 Å². The Morgan fingerprint density at radius 1 is 1.09 bits per heavy atom. The second-order valence-corrected chi connectivity index (χ2v) is 8.41. The highest BCUT2D eigenvalue weighted by Crippen LogP contribution is 2.24. The fraction of sp³-hybridized carbons (Fsp3) is 0.292. The van der Waals surface area contributed by atoms with Crippen molar-refractivity contribution >= 4 is 29.2 Å². The average Bonchev–Trinajstić information content (AvgIpc) is 3.51. The van der Waals surface area contributed by atoms with Crippen LogP contribution in [0.25, 0.3) is 16.6 Å². The maximum Gasteiger partial charge on any atom is 0.244 e. The van der Waals surface area contributed by atoms with Crippen LogP contribution in [0.4, 0.5) is 0 Å². The van der Waals surface area contributed by atoms with E-state index in [0.29, 0.717) is 31.8 Å². The third kappa shape index (κ3) is 6.15. The summed E-state index contributed by atoms with van der Waals surface area (Å²) in [7, 11) is 0. The summed E-state index contributed by atoms with van der Waals surface area (Å²) in [5.41, 5.74) is 2.21. The summed E-state index contributed by atoms with van der Waals surface area (Å²) in [5.74, 6) is 0.445. The third-order valence-corrected chi connectivity index (χ3v) is 6.20. The summed E-state index contributed by atoms with van der Waals surface area (Å²) in [4.78, 5) is 33.3. The number of hydrogen-bond acceptors (Lipinski definition) is 6. The highest BCUT2D eigenvalue weighted by atomic mass is 32.1. The molecule has 0 aliphatic carbocycles. The zero-order valence-electron chi connectivity index (χ0n) is 17.8. The van der Waals surface area contributed by atoms with E-state index in [1.165, 1.54) is 6.08 Å². The van der Waals surface area contributed by atoms with Gasteiger partial charge in [-0.15, -0.1) is 11.3 Å². The molecule has 1 aromatic carbocycles. The van der Waals surface area contributed by atoms with E-state index in [1.54, 1.807) is 35.8 Å². The summed E-state index contributed by atoms with van der Waals surface area (Å²) < 4.78 is 5.14. The molecule has 4 rings (SSSR count). The van der Waals surface area contributed by atoms with E-state index in [-0.39, 0.29) is 11.8 Å². The van der Waals surface area contributed by atoms with Crippen LogP contribution in [0.3, 0.4) is 0 Å². The Morgan fingerprint density at radius 2 is 1.91 bits per heavy atom. The highest BCUT2D eigenvalue weighted by molar-refractivity contribution is 7.13. The zero-order valence-corrected chi connectivity index (χ0v) is 18.6. The molecule has 32 heavy (non-hydrogen) atoms. The van der Waals surface area contributed by atoms with Crippen LogP contribution in [0.2, 0.25) is 0 Å². The van der Waals surface area contributed by atoms with E-state index in [2.05, 4.69) is 27.7 Å². The average molecular weight is 451 g/mol. The molecule has 3 aromatic rings. The Labute approximate surface area is 191 Å². The molecule has 0 bridgehead atoms. The molecular formula is C24H26N4O3S. The third-order valence-electron chi connectivity index (χ3n) is 5.26. The molecule has 1 saturated heterocycles. The molecule has 0 radical (unpaired) electrons. The van der Waals surface area contributed by atoms with Gasteiger partial charge in [0, 0.05) is 62.7 Å². The number of amides is 2. The topological polar surface area (TPSA) is 78.7 Å². The summed E-state index contributed by atoms with van der Waals surface area (Å²) in [5, 5.41) is 5.89. The van der Waals surface area contributed by atoms with Gasteiger partial charge in [0.15, 0.2) is 0 Å². The Bertz CT molecular complexity index is 1040. The molecule has 2 amide bonds. The quantitative estimate of drug-likeness (QED) is 0.533. The minimum atomic E-state index is -0.239. The van der Waals surface area contributed by atoms with Crippen molar-refractivity contribution in [3.05, 3.63) is 71.6 Å². The first-order valence-electron chi connectivity index (χ1n) is 10.7. The van der Waals surface area contributed by atoms with Gasteiger partial charge in [-0.1, -0.05) is 30.3 Å². The number of carbonyl (C=O) groups is 2. The highest BCUT2D eigenvalue weighted by Gasteiger charge is 2.21. The first-order chi connectivity index (χ1) is 15.7. The van der Waals surface area contributed by atoms with E-state index in [9.17, 15) is 9.59 Å². The number of rotatable bonds is 8. The van der Waals surface area contributed by atoms with E-state index in [1.807, 2.05) is 23.1 Å². The number of hydrogen-bond donors (Lipinski definition) is 1. The van der Waals surface area contributed by atoms with Crippen LogP contribution in [0, 0.1) is 0 Å². The van der Waals surface area contributed by atoms with Crippen molar-refractivity contribution in [1.29, 1.82) is 0 Å². The van der Waals surface area contributed by atoms with Crippen LogP contribution in [0.5, 0.6) is 0 Å². The summed E-state index contributed by atoms with van der Waals surface area (Å²) in [6.07, 6.45) is 4.85. The van der Waals surface area contributed by atoms with Gasteiger partial charge in [-0.05, 0) is 18.2 Å². The van der Waals surface area contributed by atoms with Gasteiger partial charge in [0.1, 0.15) is 10.8 Å². The van der Waals surface area contributed by atoms with E-state index in [4.69, 9.17) is 9.40 Å². The Morgan fingerprint density at radius 3 is 2.66 bits per heavy atom. The van der Waals surface area contributed by atoms with Gasteiger partial charge in [-0.25, -0.2) is 4.98 Å². The number of nitrogens with zero attached hydrogens (tertiary/aromatic N) is 3. The molecule has 166 valence electrons. The van der Waals surface area contributed by atoms with Gasteiger partial charge >= 0.3 is 0 Å². The zero-order chi connectivity index (χ0) is 22.2. The SMILES string of the molecule is O=C(/C=C/c1ccco1)NCCC(=O)N1CCN(Cc2csc(-c3ccccc3)n2)CC1. The second kappa shape index (κ2) is 10.9. The molecule has 2 aromatic heterocycles. The minimum Gasteiger partial charge on any atom is -0.465 e. The first-order valence-corrected chi connectivity index (χ1v) is 11.5. The summed E-state index contributed by atoms with van der Waals surface area (Å²) in [6, 6.07) is 13.7. The van der Waals surface area contributed by atoms with Crippen molar-refractivity contribution in [3.8, 4) is 10.6 Å². The van der Waals surface area contributed by atoms with Crippen molar-refractivity contribution in [2.75, 3.05) is 32.7 Å². The maximum atomic E-state index is 12.5. The normalized spacial score (nSPS) is 14.7. The Hall–Kier alpha value is -3.23. The van der Waals surface area contributed by atoms with Crippen LogP contribution in [-0.2, 0) is 16.1 Å². The number of nitrogens with one attached hydrogen (secondary N) is 1. The molecule has 3 heterocycles. The molecule has 1 aliphatic rings. The van der Waals surface area contributed by atoms with E-state index >= 15 is 0 Å². The first kappa shape index (κ1) is 22.0. The largest absolute Gasteiger partial charge is 0.465 e. The van der Waals surface area contributed by atoms with Crippen molar-refractivity contribution in [1.82, 2.24) is 20.1 Å². The molecule has 1 aliphatic heterocycles. The fourth-order valence-corrected chi connectivity index (χ4v) is 4.35. The number of thiazole rings is 1. The molecule has 1 N–H and O–H groups in total. The van der Waals surface area contributed by atoms with Gasteiger partial charge in [-0.2, -0.15) is 0 Å². The lowest BCUT2D eigenvalue weighted by atomic mass is 10.2. The van der Waals surface area contributed by atoms with E-state index in [0.717, 1.165) is 35.9 Å². The van der Waals surface area contributed by atoms with E-state index < -0.39 is 0 Å². The standard InChI is InChI=1S/C24H26N4O3S/c29-22(9-8-21-7-4-16-31-21)25-11-10-23(30)28-14-12-27(13-15-28)17-20-18-32-24(26-20)19-5-2-1-3-6-19/h1-9,16,18H,10-15,17H2,(H,25,29)/b9-8+. The fourth-order valence-electron chi connectivity index (χ4n) is 3.53. The van der Waals surface area contributed by atoms with Gasteiger partial charge < -0.3 is 14.6 Å². The van der Waals surface area contributed by atoms with Crippen LogP contribution < -0.4 is 5.32 Å². The Balaban J connectivity index is 1.16. The second-order valence-electron chi connectivity index (χ2n) is 7.56. The molecule has 0 atom stereocenters. The monoisotopic (exact) mass is 450 g/mol. The maximum absolute atomic E-state index is 12.5. The molecule has 1 fully saturated rings. The molecule has 0 spiro atoms. The molecule has 8 heteroatoms. The predicted molar refractivity (Wildman–Crippen MR) is 125 cm³/mol. The van der Waals surface area contributed by atoms with Gasteiger partial charge in [0.2, 0.25) is 11.8 Å². The van der Waals surface area contributed by atoms with Crippen molar-refractivity contribution in [3.63, 3.8) is 0 Å². The molecular weight excluding hydrogens is 424 g/mol. The molecule has 7 nitrogen and oxygen atoms in total. The lowest BCUT2D eigenvalue weighted by molar-refractivity contribution is -0.133. The molecule has 0 saturated carbocycles. The number of benzene rings is 1. The van der Waals surface area contributed by atoms with Crippen LogP contribution in [-0.4, -0.2) is 59.3 Å². The summed E-state index contributed by atoms with van der Waals surface area (Å²) >= 11 is 1.66. The Kier molecular flexibility index (Phi) is 7.47. The lowest BCUT2D eigenvalue weighted by Gasteiger charge is -2.34. The summed E-state index contributed by atoms with van der Waals surface area (Å²) in [6.45, 7) is 4.15. The van der Waals surface area contributed by atoms with Gasteiger partial charge in [0.25, 0.3) is 0 Å². The minimum absolute atomic E-state index is 0.0694.